The molecule has 9 heteroatoms. The first-order valence-corrected chi connectivity index (χ1v) is 11.4. The maximum atomic E-state index is 13.1. The lowest BCUT2D eigenvalue weighted by Gasteiger charge is -2.18. The molecule has 30 heavy (non-hydrogen) atoms. The number of rotatable bonds is 8. The quantitative estimate of drug-likeness (QED) is 0.504. The molecule has 3 aromatic rings. The highest BCUT2D eigenvalue weighted by Crippen LogP contribution is 2.33. The summed E-state index contributed by atoms with van der Waals surface area (Å²) in [4.78, 5) is 14.1. The van der Waals surface area contributed by atoms with Crippen LogP contribution in [0.25, 0.3) is 0 Å². The minimum Gasteiger partial charge on any atom is -0.368 e. The van der Waals surface area contributed by atoms with Crippen LogP contribution in [0, 0.1) is 25.2 Å². The minimum absolute atomic E-state index is 0.207. The van der Waals surface area contributed by atoms with E-state index in [0.29, 0.717) is 22.1 Å². The molecule has 3 N–H and O–H groups in total. The Bertz CT molecular complexity index is 1070. The Morgan fingerprint density at radius 3 is 2.73 bits per heavy atom. The fourth-order valence-electron chi connectivity index (χ4n) is 3.11. The second kappa shape index (κ2) is 9.78. The van der Waals surface area contributed by atoms with Crippen LogP contribution in [0.5, 0.6) is 0 Å². The number of nitrogens with one attached hydrogen (secondary N) is 1. The molecule has 0 spiro atoms. The van der Waals surface area contributed by atoms with Crippen molar-refractivity contribution < 1.29 is 4.79 Å². The third kappa shape index (κ3) is 4.66. The number of aromatic nitrogens is 3. The number of nitrogens with zero attached hydrogens (tertiary/aromatic N) is 4. The minimum atomic E-state index is -0.562. The molecule has 0 saturated heterocycles. The van der Waals surface area contributed by atoms with Gasteiger partial charge in [-0.15, -0.1) is 21.5 Å². The first-order chi connectivity index (χ1) is 14.5. The van der Waals surface area contributed by atoms with E-state index >= 15 is 0 Å². The van der Waals surface area contributed by atoms with Crippen LogP contribution in [-0.2, 0) is 11.2 Å². The van der Waals surface area contributed by atoms with Crippen LogP contribution < -0.4 is 11.1 Å². The number of hydrogen-bond acceptors (Lipinski definition) is 7. The first kappa shape index (κ1) is 21.9. The summed E-state index contributed by atoms with van der Waals surface area (Å²) in [5, 5.41) is 21.7. The summed E-state index contributed by atoms with van der Waals surface area (Å²) in [7, 11) is 0. The number of carbonyl (C=O) groups is 1. The van der Waals surface area contributed by atoms with Crippen LogP contribution >= 0.6 is 23.1 Å². The molecule has 0 radical (unpaired) electrons. The predicted molar refractivity (Wildman–Crippen MR) is 122 cm³/mol. The number of amides is 1. The van der Waals surface area contributed by atoms with E-state index < -0.39 is 6.04 Å². The van der Waals surface area contributed by atoms with Gasteiger partial charge in [0.15, 0.2) is 5.16 Å². The molecule has 2 aromatic heterocycles. The van der Waals surface area contributed by atoms with Gasteiger partial charge >= 0.3 is 0 Å². The normalized spacial score (nSPS) is 11.8. The van der Waals surface area contributed by atoms with E-state index in [4.69, 9.17) is 5.73 Å². The molecule has 0 aliphatic heterocycles. The third-order valence-electron chi connectivity index (χ3n) is 4.89. The predicted octanol–water partition coefficient (Wildman–Crippen LogP) is 4.33. The fourth-order valence-corrected chi connectivity index (χ4v) is 5.11. The molecule has 0 aliphatic rings. The number of thioether (sulfide) groups is 1. The zero-order valence-corrected chi connectivity index (χ0v) is 18.8. The summed E-state index contributed by atoms with van der Waals surface area (Å²) in [5.74, 6) is 0.771. The van der Waals surface area contributed by atoms with Gasteiger partial charge in [0.25, 0.3) is 0 Å². The topological polar surface area (TPSA) is 110 Å². The average molecular weight is 441 g/mol. The number of benzene rings is 1. The molecule has 7 nitrogen and oxygen atoms in total. The van der Waals surface area contributed by atoms with Gasteiger partial charge in [-0.3, -0.25) is 9.36 Å². The number of hydrogen-bond donors (Lipinski definition) is 2. The second-order valence-corrected chi connectivity index (χ2v) is 9.09. The molecular weight excluding hydrogens is 416 g/mol. The highest BCUT2D eigenvalue weighted by molar-refractivity contribution is 7.99. The lowest BCUT2D eigenvalue weighted by atomic mass is 10.1. The number of nitrogens with two attached hydrogens (primary N) is 1. The van der Waals surface area contributed by atoms with E-state index in [1.54, 1.807) is 4.57 Å². The Kier molecular flexibility index (Phi) is 7.13. The monoisotopic (exact) mass is 440 g/mol. The van der Waals surface area contributed by atoms with Crippen LogP contribution in [0.4, 0.5) is 10.9 Å². The van der Waals surface area contributed by atoms with Crippen molar-refractivity contribution >= 4 is 40.0 Å². The third-order valence-corrected chi connectivity index (χ3v) is 6.96. The second-order valence-electron chi connectivity index (χ2n) is 6.81. The Morgan fingerprint density at radius 2 is 2.07 bits per heavy atom. The molecule has 0 saturated carbocycles. The summed E-state index contributed by atoms with van der Waals surface area (Å²) in [6, 6.07) is 11.8. The van der Waals surface area contributed by atoms with Crippen LogP contribution in [0.2, 0.25) is 0 Å². The first-order valence-electron chi connectivity index (χ1n) is 9.64. The molecule has 0 fully saturated rings. The summed E-state index contributed by atoms with van der Waals surface area (Å²) >= 11 is 2.93. The molecule has 1 atom stereocenters. The van der Waals surface area contributed by atoms with Gasteiger partial charge in [-0.25, -0.2) is 0 Å². The van der Waals surface area contributed by atoms with Gasteiger partial charge < -0.3 is 11.1 Å². The lowest BCUT2D eigenvalue weighted by Crippen LogP contribution is -2.27. The van der Waals surface area contributed by atoms with Crippen molar-refractivity contribution in [3.05, 3.63) is 51.9 Å². The number of thiophene rings is 1. The molecule has 156 valence electrons. The molecule has 0 aliphatic carbocycles. The van der Waals surface area contributed by atoms with Crippen molar-refractivity contribution in [3.8, 4) is 6.07 Å². The van der Waals surface area contributed by atoms with Crippen LogP contribution in [-0.4, -0.2) is 26.4 Å². The average Bonchev–Trinajstić information content (AvgIpc) is 3.22. The Balaban J connectivity index is 1.76. The van der Waals surface area contributed by atoms with Crippen LogP contribution in [0.15, 0.2) is 35.5 Å². The molecule has 3 rings (SSSR count). The van der Waals surface area contributed by atoms with E-state index in [2.05, 4.69) is 33.7 Å². The van der Waals surface area contributed by atoms with Crippen molar-refractivity contribution in [2.75, 3.05) is 16.8 Å². The maximum Gasteiger partial charge on any atom is 0.248 e. The fraction of sp³-hybridized carbons (Fsp3) is 0.333. The zero-order chi connectivity index (χ0) is 21.7. The van der Waals surface area contributed by atoms with Gasteiger partial charge in [-0.1, -0.05) is 49.0 Å². The van der Waals surface area contributed by atoms with Crippen molar-refractivity contribution in [1.29, 1.82) is 5.26 Å². The van der Waals surface area contributed by atoms with Crippen molar-refractivity contribution in [3.63, 3.8) is 0 Å². The highest BCUT2D eigenvalue weighted by Gasteiger charge is 2.26. The number of carbonyl (C=O) groups excluding carboxylic acids is 1. The van der Waals surface area contributed by atoms with E-state index in [1.807, 2.05) is 39.0 Å². The Morgan fingerprint density at radius 1 is 1.33 bits per heavy atom. The molecule has 0 bridgehead atoms. The Hall–Kier alpha value is -2.83. The number of anilines is 2. The van der Waals surface area contributed by atoms with Gasteiger partial charge in [0.1, 0.15) is 17.1 Å². The maximum absolute atomic E-state index is 13.1. The number of nitrogen functional groups attached to an aromatic ring is 1. The van der Waals surface area contributed by atoms with Crippen molar-refractivity contribution in [2.24, 2.45) is 0 Å². The summed E-state index contributed by atoms with van der Waals surface area (Å²) in [6.07, 6.45) is 1.39. The van der Waals surface area contributed by atoms with E-state index in [9.17, 15) is 10.1 Å². The summed E-state index contributed by atoms with van der Waals surface area (Å²) in [5.41, 5.74) is 8.70. The number of nitriles is 1. The largest absolute Gasteiger partial charge is 0.368 e. The van der Waals surface area contributed by atoms with E-state index in [0.717, 1.165) is 22.6 Å². The van der Waals surface area contributed by atoms with Gasteiger partial charge in [-0.05, 0) is 37.8 Å². The van der Waals surface area contributed by atoms with Crippen molar-refractivity contribution in [1.82, 2.24) is 14.8 Å². The highest BCUT2D eigenvalue weighted by atomic mass is 32.2. The van der Waals surface area contributed by atoms with Crippen LogP contribution in [0.3, 0.4) is 0 Å². The smallest absolute Gasteiger partial charge is 0.248 e. The summed E-state index contributed by atoms with van der Waals surface area (Å²) in [6.45, 7) is 5.74. The van der Waals surface area contributed by atoms with Gasteiger partial charge in [0, 0.05) is 10.6 Å². The van der Waals surface area contributed by atoms with E-state index in [-0.39, 0.29) is 11.9 Å². The van der Waals surface area contributed by atoms with E-state index in [1.165, 1.54) is 28.7 Å². The van der Waals surface area contributed by atoms with Gasteiger partial charge in [0.2, 0.25) is 11.9 Å². The zero-order valence-electron chi connectivity index (χ0n) is 17.2. The van der Waals surface area contributed by atoms with Crippen molar-refractivity contribution in [2.45, 2.75) is 44.8 Å². The SMILES string of the molecule is CCC(C(=O)Nc1sc(C)c(C)c1C#N)n1c(N)nnc1SCCc1ccccc1. The molecular formula is C21H24N6OS2. The van der Waals surface area contributed by atoms with Gasteiger partial charge in [-0.2, -0.15) is 5.26 Å². The summed E-state index contributed by atoms with van der Waals surface area (Å²) < 4.78 is 1.68. The van der Waals surface area contributed by atoms with Gasteiger partial charge in [0.05, 0.1) is 5.56 Å². The number of aryl methyl sites for hydroxylation is 2. The Labute approximate surface area is 184 Å². The standard InChI is InChI=1S/C21H24N6OS2/c1-4-17(18(28)24-19-16(12-22)13(2)14(3)30-19)27-20(23)25-26-21(27)29-11-10-15-8-6-5-7-9-15/h5-9,17H,4,10-11H2,1-3H3,(H2,23,25)(H,24,28). The molecule has 2 heterocycles. The molecule has 1 amide bonds. The molecule has 1 aromatic carbocycles. The van der Waals surface area contributed by atoms with Crippen LogP contribution in [0.1, 0.15) is 41.0 Å². The lowest BCUT2D eigenvalue weighted by molar-refractivity contribution is -0.119. The molecule has 1 unspecified atom stereocenters.